The molecule has 1 aromatic rings. The number of ether oxygens (including phenoxy) is 1. The zero-order valence-electron chi connectivity index (χ0n) is 7.19. The summed E-state index contributed by atoms with van der Waals surface area (Å²) in [6, 6.07) is 9.64. The Morgan fingerprint density at radius 3 is 2.77 bits per heavy atom. The van der Waals surface area contributed by atoms with E-state index in [1.165, 1.54) is 0 Å². The molecule has 2 heteroatoms. The molecule has 0 N–H and O–H groups in total. The maximum atomic E-state index is 9.86. The maximum Gasteiger partial charge on any atom is 0.145 e. The van der Waals surface area contributed by atoms with Crippen LogP contribution < -0.4 is 0 Å². The first-order chi connectivity index (χ1) is 6.43. The van der Waals surface area contributed by atoms with Crippen LogP contribution in [0.15, 0.2) is 30.3 Å². The van der Waals surface area contributed by atoms with Gasteiger partial charge in [0.25, 0.3) is 0 Å². The molecule has 2 nitrogen and oxygen atoms in total. The molecule has 0 saturated heterocycles. The minimum Gasteiger partial charge on any atom is -0.361 e. The average molecular weight is 174 g/mol. The summed E-state index contributed by atoms with van der Waals surface area (Å²) in [5.74, 6) is 5.72. The summed E-state index contributed by atoms with van der Waals surface area (Å²) in [6.45, 7) is 0.414. The van der Waals surface area contributed by atoms with Gasteiger partial charge in [0.05, 0.1) is 0 Å². The molecular formula is C11H10O2. The Hall–Kier alpha value is -1.59. The number of aldehydes is 1. The normalized spacial score (nSPS) is 8.62. The third-order valence-corrected chi connectivity index (χ3v) is 1.37. The molecule has 66 valence electrons. The molecule has 0 aromatic heterocycles. The first kappa shape index (κ1) is 9.50. The van der Waals surface area contributed by atoms with Crippen molar-refractivity contribution in [3.05, 3.63) is 35.9 Å². The Morgan fingerprint density at radius 2 is 2.08 bits per heavy atom. The molecule has 0 unspecified atom stereocenters. The number of hydrogen-bond acceptors (Lipinski definition) is 2. The molecule has 0 radical (unpaired) electrons. The van der Waals surface area contributed by atoms with Crippen LogP contribution in [0.1, 0.15) is 5.56 Å². The fourth-order valence-electron chi connectivity index (χ4n) is 0.818. The van der Waals surface area contributed by atoms with Crippen LogP contribution in [-0.4, -0.2) is 19.5 Å². The predicted octanol–water partition coefficient (Wildman–Crippen LogP) is 1.25. The SMILES string of the molecule is O=CCOCC#Cc1ccccc1. The number of carbonyl (C=O) groups is 1. The number of carbonyl (C=O) groups excluding carboxylic acids is 1. The number of hydrogen-bond donors (Lipinski definition) is 0. The number of benzene rings is 1. The number of rotatable bonds is 3. The maximum absolute atomic E-state index is 9.86. The Kier molecular flexibility index (Phi) is 4.37. The van der Waals surface area contributed by atoms with Crippen LogP contribution in [0, 0.1) is 11.8 Å². The lowest BCUT2D eigenvalue weighted by atomic mass is 10.2. The second-order valence-corrected chi connectivity index (χ2v) is 2.35. The van der Waals surface area contributed by atoms with E-state index in [1.54, 1.807) is 0 Å². The van der Waals surface area contributed by atoms with Crippen molar-refractivity contribution in [3.63, 3.8) is 0 Å². The molecule has 0 atom stereocenters. The summed E-state index contributed by atoms with van der Waals surface area (Å²) < 4.78 is 4.86. The van der Waals surface area contributed by atoms with Gasteiger partial charge < -0.3 is 9.53 Å². The quantitative estimate of drug-likeness (QED) is 0.391. The lowest BCUT2D eigenvalue weighted by molar-refractivity contribution is -0.111. The molecule has 0 aliphatic rings. The Bertz CT molecular complexity index is 306. The van der Waals surface area contributed by atoms with Crippen LogP contribution in [0.4, 0.5) is 0 Å². The molecule has 0 spiro atoms. The van der Waals surface area contributed by atoms with Gasteiger partial charge in [-0.3, -0.25) is 0 Å². The molecule has 0 aliphatic heterocycles. The summed E-state index contributed by atoms with van der Waals surface area (Å²) in [5.41, 5.74) is 0.956. The lowest BCUT2D eigenvalue weighted by Crippen LogP contribution is -1.94. The first-order valence-corrected chi connectivity index (χ1v) is 3.99. The minimum atomic E-state index is 0.115. The van der Waals surface area contributed by atoms with Gasteiger partial charge in [-0.1, -0.05) is 30.0 Å². The summed E-state index contributed by atoms with van der Waals surface area (Å²) in [5, 5.41) is 0. The summed E-state index contributed by atoms with van der Waals surface area (Å²) >= 11 is 0. The zero-order valence-corrected chi connectivity index (χ0v) is 7.19. The Balaban J connectivity index is 2.35. The molecule has 0 heterocycles. The smallest absolute Gasteiger partial charge is 0.145 e. The van der Waals surface area contributed by atoms with Crippen molar-refractivity contribution in [2.75, 3.05) is 13.2 Å². The van der Waals surface area contributed by atoms with E-state index in [4.69, 9.17) is 4.74 Å². The van der Waals surface area contributed by atoms with Crippen LogP contribution >= 0.6 is 0 Å². The molecular weight excluding hydrogens is 164 g/mol. The van der Waals surface area contributed by atoms with Gasteiger partial charge in [-0.05, 0) is 12.1 Å². The first-order valence-electron chi connectivity index (χ1n) is 3.99. The molecule has 0 aliphatic carbocycles. The lowest BCUT2D eigenvalue weighted by Gasteiger charge is -1.89. The van der Waals surface area contributed by atoms with Crippen LogP contribution in [0.2, 0.25) is 0 Å². The van der Waals surface area contributed by atoms with E-state index in [9.17, 15) is 4.79 Å². The van der Waals surface area contributed by atoms with E-state index in [0.717, 1.165) is 5.56 Å². The molecule has 0 saturated carbocycles. The Morgan fingerprint density at radius 1 is 1.31 bits per heavy atom. The third kappa shape index (κ3) is 4.09. The largest absolute Gasteiger partial charge is 0.361 e. The molecule has 0 bridgehead atoms. The van der Waals surface area contributed by atoms with Crippen molar-refractivity contribution in [3.8, 4) is 11.8 Å². The predicted molar refractivity (Wildman–Crippen MR) is 50.2 cm³/mol. The van der Waals surface area contributed by atoms with Crippen molar-refractivity contribution in [1.82, 2.24) is 0 Å². The fourth-order valence-corrected chi connectivity index (χ4v) is 0.818. The van der Waals surface area contributed by atoms with Gasteiger partial charge >= 0.3 is 0 Å². The Labute approximate surface area is 77.5 Å². The van der Waals surface area contributed by atoms with E-state index in [0.29, 0.717) is 12.9 Å². The van der Waals surface area contributed by atoms with E-state index in [1.807, 2.05) is 30.3 Å². The van der Waals surface area contributed by atoms with Gasteiger partial charge in [-0.25, -0.2) is 0 Å². The second-order valence-electron chi connectivity index (χ2n) is 2.35. The van der Waals surface area contributed by atoms with Crippen LogP contribution in [0.5, 0.6) is 0 Å². The standard InChI is InChI=1S/C11H10O2/c12-8-10-13-9-4-7-11-5-2-1-3-6-11/h1-3,5-6,8H,9-10H2. The van der Waals surface area contributed by atoms with Gasteiger partial charge in [0.15, 0.2) is 0 Å². The van der Waals surface area contributed by atoms with Crippen LogP contribution in [-0.2, 0) is 9.53 Å². The zero-order chi connectivity index (χ0) is 9.36. The van der Waals surface area contributed by atoms with E-state index >= 15 is 0 Å². The van der Waals surface area contributed by atoms with Gasteiger partial charge in [0.2, 0.25) is 0 Å². The minimum absolute atomic E-state index is 0.115. The van der Waals surface area contributed by atoms with Crippen LogP contribution in [0.25, 0.3) is 0 Å². The highest BCUT2D eigenvalue weighted by Gasteiger charge is 1.81. The highest BCUT2D eigenvalue weighted by Crippen LogP contribution is 1.94. The second kappa shape index (κ2) is 5.99. The highest BCUT2D eigenvalue weighted by molar-refractivity contribution is 5.50. The molecule has 1 rings (SSSR count). The molecule has 1 aromatic carbocycles. The third-order valence-electron chi connectivity index (χ3n) is 1.37. The molecule has 0 fully saturated rings. The molecule has 13 heavy (non-hydrogen) atoms. The van der Waals surface area contributed by atoms with E-state index in [2.05, 4.69) is 11.8 Å². The van der Waals surface area contributed by atoms with E-state index < -0.39 is 0 Å². The van der Waals surface area contributed by atoms with Gasteiger partial charge in [0.1, 0.15) is 19.5 Å². The fraction of sp³-hybridized carbons (Fsp3) is 0.182. The topological polar surface area (TPSA) is 26.3 Å². The van der Waals surface area contributed by atoms with Gasteiger partial charge in [0, 0.05) is 5.56 Å². The van der Waals surface area contributed by atoms with Crippen molar-refractivity contribution < 1.29 is 9.53 Å². The average Bonchev–Trinajstić information content (AvgIpc) is 2.19. The molecule has 0 amide bonds. The van der Waals surface area contributed by atoms with Crippen LogP contribution in [0.3, 0.4) is 0 Å². The van der Waals surface area contributed by atoms with Crippen molar-refractivity contribution in [1.29, 1.82) is 0 Å². The van der Waals surface area contributed by atoms with Gasteiger partial charge in [-0.15, -0.1) is 0 Å². The van der Waals surface area contributed by atoms with Gasteiger partial charge in [-0.2, -0.15) is 0 Å². The summed E-state index contributed by atoms with van der Waals surface area (Å²) in [6.07, 6.45) is 0.712. The summed E-state index contributed by atoms with van der Waals surface area (Å²) in [7, 11) is 0. The summed E-state index contributed by atoms with van der Waals surface area (Å²) in [4.78, 5) is 9.86. The highest BCUT2D eigenvalue weighted by atomic mass is 16.5. The van der Waals surface area contributed by atoms with Crippen molar-refractivity contribution in [2.24, 2.45) is 0 Å². The van der Waals surface area contributed by atoms with E-state index in [-0.39, 0.29) is 6.61 Å². The monoisotopic (exact) mass is 174 g/mol. The van der Waals surface area contributed by atoms with Crippen molar-refractivity contribution >= 4 is 6.29 Å². The van der Waals surface area contributed by atoms with Crippen molar-refractivity contribution in [2.45, 2.75) is 0 Å².